The second-order valence-electron chi connectivity index (χ2n) is 3.61. The summed E-state index contributed by atoms with van der Waals surface area (Å²) in [4.78, 5) is 11.5. The minimum Gasteiger partial charge on any atom is -0.491 e. The zero-order chi connectivity index (χ0) is 13.4. The normalized spacial score (nSPS) is 9.67. The van der Waals surface area contributed by atoms with Gasteiger partial charge >= 0.3 is 6.03 Å². The van der Waals surface area contributed by atoms with Crippen molar-refractivity contribution in [3.8, 4) is 5.75 Å². The number of carbonyl (C=O) groups is 1. The van der Waals surface area contributed by atoms with Gasteiger partial charge in [-0.2, -0.15) is 0 Å². The van der Waals surface area contributed by atoms with E-state index < -0.39 is 0 Å². The molecule has 98 valence electrons. The van der Waals surface area contributed by atoms with Crippen LogP contribution < -0.4 is 15.4 Å². The number of hydrogen-bond acceptors (Lipinski definition) is 2. The van der Waals surface area contributed by atoms with E-state index in [0.717, 1.165) is 6.42 Å². The average Bonchev–Trinajstić information content (AvgIpc) is 2.35. The highest BCUT2D eigenvalue weighted by Gasteiger charge is 2.08. The lowest BCUT2D eigenvalue weighted by Crippen LogP contribution is -2.28. The molecule has 4 nitrogen and oxygen atoms in total. The fourth-order valence-electron chi connectivity index (χ4n) is 1.27. The van der Waals surface area contributed by atoms with Gasteiger partial charge in [-0.1, -0.05) is 24.6 Å². The van der Waals surface area contributed by atoms with Crippen molar-refractivity contribution in [3.63, 3.8) is 0 Å². The number of hydrogen-bond donors (Lipinski definition) is 2. The van der Waals surface area contributed by atoms with Crippen molar-refractivity contribution in [2.24, 2.45) is 0 Å². The largest absolute Gasteiger partial charge is 0.491 e. The third-order valence-corrected chi connectivity index (χ3v) is 2.29. The first-order valence-electron chi connectivity index (χ1n) is 5.75. The highest BCUT2D eigenvalue weighted by atomic mass is 35.5. The highest BCUT2D eigenvalue weighted by Crippen LogP contribution is 2.28. The maximum Gasteiger partial charge on any atom is 0.319 e. The molecule has 5 heteroatoms. The van der Waals surface area contributed by atoms with Gasteiger partial charge in [0.2, 0.25) is 0 Å². The number of halogens is 1. The molecule has 0 heterocycles. The number of ether oxygens (including phenoxy) is 1. The maximum absolute atomic E-state index is 11.5. The van der Waals surface area contributed by atoms with E-state index in [0.29, 0.717) is 29.6 Å². The molecule has 0 saturated carbocycles. The van der Waals surface area contributed by atoms with Crippen molar-refractivity contribution in [1.29, 1.82) is 0 Å². The van der Waals surface area contributed by atoms with Gasteiger partial charge in [0.1, 0.15) is 5.75 Å². The molecule has 0 bridgehead atoms. The zero-order valence-corrected chi connectivity index (χ0v) is 11.1. The lowest BCUT2D eigenvalue weighted by molar-refractivity contribution is 0.252. The van der Waals surface area contributed by atoms with Crippen LogP contribution in [0.4, 0.5) is 10.5 Å². The van der Waals surface area contributed by atoms with Crippen LogP contribution in [0.3, 0.4) is 0 Å². The van der Waals surface area contributed by atoms with Crippen LogP contribution in [0.1, 0.15) is 13.3 Å². The first-order valence-corrected chi connectivity index (χ1v) is 6.13. The van der Waals surface area contributed by atoms with Crippen LogP contribution in [0, 0.1) is 0 Å². The van der Waals surface area contributed by atoms with Gasteiger partial charge in [0.05, 0.1) is 12.3 Å². The quantitative estimate of drug-likeness (QED) is 0.777. The molecule has 0 spiro atoms. The Morgan fingerprint density at radius 1 is 1.56 bits per heavy atom. The van der Waals surface area contributed by atoms with E-state index >= 15 is 0 Å². The van der Waals surface area contributed by atoms with E-state index in [9.17, 15) is 4.79 Å². The lowest BCUT2D eigenvalue weighted by atomic mass is 10.3. The SMILES string of the molecule is C=CCNC(=O)Nc1cc(Cl)ccc1OCCC. The van der Waals surface area contributed by atoms with Gasteiger partial charge in [0.25, 0.3) is 0 Å². The molecule has 0 fully saturated rings. The topological polar surface area (TPSA) is 50.4 Å². The smallest absolute Gasteiger partial charge is 0.319 e. The van der Waals surface area contributed by atoms with Crippen LogP contribution in [0.15, 0.2) is 30.9 Å². The molecule has 0 aromatic heterocycles. The van der Waals surface area contributed by atoms with E-state index in [4.69, 9.17) is 16.3 Å². The number of benzene rings is 1. The molecule has 1 aromatic carbocycles. The fourth-order valence-corrected chi connectivity index (χ4v) is 1.44. The van der Waals surface area contributed by atoms with Crippen molar-refractivity contribution < 1.29 is 9.53 Å². The predicted octanol–water partition coefficient (Wildman–Crippen LogP) is 3.44. The minimum absolute atomic E-state index is 0.321. The number of anilines is 1. The Morgan fingerprint density at radius 3 is 3.00 bits per heavy atom. The van der Waals surface area contributed by atoms with Crippen LogP contribution in [0.25, 0.3) is 0 Å². The van der Waals surface area contributed by atoms with Gasteiger partial charge < -0.3 is 15.4 Å². The molecule has 0 aliphatic rings. The lowest BCUT2D eigenvalue weighted by Gasteiger charge is -2.12. The summed E-state index contributed by atoms with van der Waals surface area (Å²) in [6.45, 7) is 6.53. The molecule has 2 N–H and O–H groups in total. The van der Waals surface area contributed by atoms with Gasteiger partial charge in [-0.3, -0.25) is 0 Å². The molecular weight excluding hydrogens is 252 g/mol. The van der Waals surface area contributed by atoms with Gasteiger partial charge in [-0.25, -0.2) is 4.79 Å². The van der Waals surface area contributed by atoms with Gasteiger partial charge in [-0.05, 0) is 24.6 Å². The molecule has 0 atom stereocenters. The summed E-state index contributed by atoms with van der Waals surface area (Å²) in [5, 5.41) is 5.84. The van der Waals surface area contributed by atoms with Crippen molar-refractivity contribution in [2.45, 2.75) is 13.3 Å². The Balaban J connectivity index is 2.74. The molecule has 0 aliphatic carbocycles. The van der Waals surface area contributed by atoms with Crippen molar-refractivity contribution >= 4 is 23.3 Å². The number of nitrogens with one attached hydrogen (secondary N) is 2. The molecule has 2 amide bonds. The summed E-state index contributed by atoms with van der Waals surface area (Å²) >= 11 is 5.90. The summed E-state index contributed by atoms with van der Waals surface area (Å²) in [7, 11) is 0. The second kappa shape index (κ2) is 7.61. The van der Waals surface area contributed by atoms with Crippen LogP contribution in [-0.2, 0) is 0 Å². The number of urea groups is 1. The zero-order valence-electron chi connectivity index (χ0n) is 10.3. The second-order valence-corrected chi connectivity index (χ2v) is 4.05. The molecule has 1 aromatic rings. The number of amides is 2. The molecule has 0 unspecified atom stereocenters. The Bertz CT molecular complexity index is 421. The fraction of sp³-hybridized carbons (Fsp3) is 0.308. The molecular formula is C13H17ClN2O2. The van der Waals surface area contributed by atoms with Crippen molar-refractivity contribution in [2.75, 3.05) is 18.5 Å². The molecule has 18 heavy (non-hydrogen) atoms. The summed E-state index contributed by atoms with van der Waals surface area (Å²) in [5.74, 6) is 0.606. The highest BCUT2D eigenvalue weighted by molar-refractivity contribution is 6.31. The first-order chi connectivity index (χ1) is 8.67. The Kier molecular flexibility index (Phi) is 6.08. The van der Waals surface area contributed by atoms with Crippen molar-refractivity contribution in [3.05, 3.63) is 35.9 Å². The number of rotatable bonds is 6. The summed E-state index contributed by atoms with van der Waals surface area (Å²) in [6.07, 6.45) is 2.50. The maximum atomic E-state index is 11.5. The summed E-state index contributed by atoms with van der Waals surface area (Å²) in [5.41, 5.74) is 0.553. The van der Waals surface area contributed by atoms with Crippen LogP contribution in [-0.4, -0.2) is 19.2 Å². The molecule has 1 rings (SSSR count). The number of carbonyl (C=O) groups excluding carboxylic acids is 1. The monoisotopic (exact) mass is 268 g/mol. The van der Waals surface area contributed by atoms with Crippen LogP contribution in [0.5, 0.6) is 5.75 Å². The van der Waals surface area contributed by atoms with E-state index in [1.807, 2.05) is 6.92 Å². The minimum atomic E-state index is -0.321. The van der Waals surface area contributed by atoms with Gasteiger partial charge in [-0.15, -0.1) is 6.58 Å². The third kappa shape index (κ3) is 4.67. The van der Waals surface area contributed by atoms with Gasteiger partial charge in [0.15, 0.2) is 0 Å². The average molecular weight is 269 g/mol. The summed E-state index contributed by atoms with van der Waals surface area (Å²) in [6, 6.07) is 4.79. The Labute approximate surface area is 112 Å². The Hall–Kier alpha value is -1.68. The molecule has 0 aliphatic heterocycles. The molecule has 0 radical (unpaired) electrons. The van der Waals surface area contributed by atoms with E-state index in [-0.39, 0.29) is 6.03 Å². The van der Waals surface area contributed by atoms with E-state index in [1.165, 1.54) is 0 Å². The van der Waals surface area contributed by atoms with Gasteiger partial charge in [0, 0.05) is 11.6 Å². The first kappa shape index (κ1) is 14.4. The van der Waals surface area contributed by atoms with Crippen LogP contribution in [0.2, 0.25) is 5.02 Å². The summed E-state index contributed by atoms with van der Waals surface area (Å²) < 4.78 is 5.53. The Morgan fingerprint density at radius 2 is 2.33 bits per heavy atom. The van der Waals surface area contributed by atoms with Crippen LogP contribution >= 0.6 is 11.6 Å². The van der Waals surface area contributed by atoms with E-state index in [1.54, 1.807) is 24.3 Å². The standard InChI is InChI=1S/C13H17ClN2O2/c1-3-7-15-13(17)16-11-9-10(14)5-6-12(11)18-8-4-2/h3,5-6,9H,1,4,7-8H2,2H3,(H2,15,16,17). The third-order valence-electron chi connectivity index (χ3n) is 2.06. The van der Waals surface area contributed by atoms with Crippen molar-refractivity contribution in [1.82, 2.24) is 5.32 Å². The van der Waals surface area contributed by atoms with E-state index in [2.05, 4.69) is 17.2 Å². The molecule has 0 saturated heterocycles. The predicted molar refractivity (Wildman–Crippen MR) is 74.5 cm³/mol.